The van der Waals surface area contributed by atoms with E-state index < -0.39 is 11.9 Å². The maximum atomic E-state index is 13.0. The highest BCUT2D eigenvalue weighted by atomic mass is 32.2. The number of carboxylic acids is 1. The fourth-order valence-electron chi connectivity index (χ4n) is 3.53. The monoisotopic (exact) mass is 319 g/mol. The van der Waals surface area contributed by atoms with Crippen molar-refractivity contribution >= 4 is 23.6 Å². The van der Waals surface area contributed by atoms with Gasteiger partial charge >= 0.3 is 5.97 Å². The Hall–Kier alpha value is -1.49. The number of piperidine rings is 1. The molecule has 1 amide bonds. The Morgan fingerprint density at radius 2 is 2.09 bits per heavy atom. The zero-order valence-corrected chi connectivity index (χ0v) is 13.5. The van der Waals surface area contributed by atoms with Crippen LogP contribution >= 0.6 is 11.8 Å². The van der Waals surface area contributed by atoms with Crippen LogP contribution in [0.4, 0.5) is 0 Å². The zero-order chi connectivity index (χ0) is 15.7. The molecule has 1 N–H and O–H groups in total. The molecule has 0 spiro atoms. The van der Waals surface area contributed by atoms with E-state index in [1.165, 1.54) is 5.56 Å². The molecule has 0 aliphatic carbocycles. The first kappa shape index (κ1) is 15.4. The van der Waals surface area contributed by atoms with E-state index in [2.05, 4.69) is 6.07 Å². The number of likely N-dealkylation sites (tertiary alicyclic amines) is 1. The molecule has 0 aromatic heterocycles. The second-order valence-corrected chi connectivity index (χ2v) is 7.27. The third-order valence-corrected chi connectivity index (χ3v) is 6.03. The number of rotatable bonds is 2. The standard InChI is InChI=1S/C17H21NO3S/c1-11-13(17(20)21)7-4-9-18(11)16(19)15-14-6-3-2-5-12(14)8-10-22-15/h2-3,5-6,11,13,15H,4,7-10H2,1H3,(H,20,21)/t11-,13-,15?/m1/s1. The summed E-state index contributed by atoms with van der Waals surface area (Å²) in [6.45, 7) is 2.54. The van der Waals surface area contributed by atoms with Crippen LogP contribution in [0, 0.1) is 5.92 Å². The number of aliphatic carboxylic acids is 1. The molecule has 1 aromatic carbocycles. The fourth-order valence-corrected chi connectivity index (χ4v) is 4.79. The lowest BCUT2D eigenvalue weighted by Gasteiger charge is -2.40. The quantitative estimate of drug-likeness (QED) is 0.910. The third kappa shape index (κ3) is 2.74. The number of carboxylic acid groups (broad SMARTS) is 1. The highest BCUT2D eigenvalue weighted by Gasteiger charge is 2.39. The van der Waals surface area contributed by atoms with E-state index in [0.29, 0.717) is 13.0 Å². The van der Waals surface area contributed by atoms with Crippen LogP contribution < -0.4 is 0 Å². The minimum absolute atomic E-state index is 0.0793. The molecule has 1 saturated heterocycles. The summed E-state index contributed by atoms with van der Waals surface area (Å²) in [4.78, 5) is 26.2. The number of aryl methyl sites for hydroxylation is 1. The number of benzene rings is 1. The van der Waals surface area contributed by atoms with Crippen LogP contribution in [0.5, 0.6) is 0 Å². The van der Waals surface area contributed by atoms with Crippen LogP contribution in [0.1, 0.15) is 36.1 Å². The summed E-state index contributed by atoms with van der Waals surface area (Å²) in [5, 5.41) is 9.15. The normalized spacial score (nSPS) is 28.0. The average Bonchev–Trinajstić information content (AvgIpc) is 2.53. The Labute approximate surface area is 134 Å². The molecule has 4 nitrogen and oxygen atoms in total. The summed E-state index contributed by atoms with van der Waals surface area (Å²) < 4.78 is 0. The van der Waals surface area contributed by atoms with Gasteiger partial charge in [0.05, 0.1) is 5.92 Å². The molecule has 0 saturated carbocycles. The Morgan fingerprint density at radius 1 is 1.32 bits per heavy atom. The number of hydrogen-bond donors (Lipinski definition) is 1. The molecule has 1 unspecified atom stereocenters. The fraction of sp³-hybridized carbons (Fsp3) is 0.529. The molecule has 2 heterocycles. The van der Waals surface area contributed by atoms with Gasteiger partial charge in [0.15, 0.2) is 0 Å². The van der Waals surface area contributed by atoms with E-state index in [9.17, 15) is 14.7 Å². The number of thioether (sulfide) groups is 1. The zero-order valence-electron chi connectivity index (χ0n) is 12.7. The number of fused-ring (bicyclic) bond motifs is 1. The first-order valence-electron chi connectivity index (χ1n) is 7.82. The van der Waals surface area contributed by atoms with Crippen molar-refractivity contribution < 1.29 is 14.7 Å². The van der Waals surface area contributed by atoms with Crippen molar-refractivity contribution in [3.8, 4) is 0 Å². The van der Waals surface area contributed by atoms with E-state index in [1.807, 2.05) is 25.1 Å². The van der Waals surface area contributed by atoms with Crippen LogP contribution in [0.25, 0.3) is 0 Å². The molecule has 5 heteroatoms. The van der Waals surface area contributed by atoms with Crippen molar-refractivity contribution in [1.29, 1.82) is 0 Å². The first-order valence-corrected chi connectivity index (χ1v) is 8.87. The molecule has 3 atom stereocenters. The van der Waals surface area contributed by atoms with Gasteiger partial charge in [-0.25, -0.2) is 0 Å². The topological polar surface area (TPSA) is 57.6 Å². The molecule has 2 aliphatic heterocycles. The third-order valence-electron chi connectivity index (χ3n) is 4.81. The molecule has 0 radical (unpaired) electrons. The van der Waals surface area contributed by atoms with Gasteiger partial charge in [0.1, 0.15) is 5.25 Å². The second-order valence-electron chi connectivity index (χ2n) is 6.06. The van der Waals surface area contributed by atoms with Crippen LogP contribution in [-0.2, 0) is 16.0 Å². The minimum atomic E-state index is -0.790. The van der Waals surface area contributed by atoms with E-state index in [-0.39, 0.29) is 17.2 Å². The lowest BCUT2D eigenvalue weighted by molar-refractivity contribution is -0.148. The Kier molecular flexibility index (Phi) is 4.43. The lowest BCUT2D eigenvalue weighted by atomic mass is 9.89. The molecule has 0 bridgehead atoms. The van der Waals surface area contributed by atoms with E-state index in [4.69, 9.17) is 0 Å². The minimum Gasteiger partial charge on any atom is -0.481 e. The molecular formula is C17H21NO3S. The van der Waals surface area contributed by atoms with Gasteiger partial charge in [0.2, 0.25) is 5.91 Å². The number of carbonyl (C=O) groups excluding carboxylic acids is 1. The van der Waals surface area contributed by atoms with Gasteiger partial charge in [0, 0.05) is 12.6 Å². The Morgan fingerprint density at radius 3 is 2.86 bits per heavy atom. The van der Waals surface area contributed by atoms with Gasteiger partial charge in [-0.2, -0.15) is 0 Å². The highest BCUT2D eigenvalue weighted by molar-refractivity contribution is 8.00. The number of carbonyl (C=O) groups is 2. The Balaban J connectivity index is 1.84. The van der Waals surface area contributed by atoms with Gasteiger partial charge in [0.25, 0.3) is 0 Å². The predicted molar refractivity (Wildman–Crippen MR) is 86.9 cm³/mol. The lowest BCUT2D eigenvalue weighted by Crippen LogP contribution is -2.50. The van der Waals surface area contributed by atoms with Crippen molar-refractivity contribution in [3.05, 3.63) is 35.4 Å². The van der Waals surface area contributed by atoms with Crippen molar-refractivity contribution in [3.63, 3.8) is 0 Å². The van der Waals surface area contributed by atoms with Crippen molar-refractivity contribution in [1.82, 2.24) is 4.90 Å². The summed E-state index contributed by atoms with van der Waals surface area (Å²) in [5.74, 6) is -0.211. The van der Waals surface area contributed by atoms with Gasteiger partial charge in [-0.15, -0.1) is 11.8 Å². The van der Waals surface area contributed by atoms with Crippen LogP contribution in [0.15, 0.2) is 24.3 Å². The molecule has 22 heavy (non-hydrogen) atoms. The van der Waals surface area contributed by atoms with Crippen LogP contribution in [-0.4, -0.2) is 40.2 Å². The molecular weight excluding hydrogens is 298 g/mol. The van der Waals surface area contributed by atoms with Gasteiger partial charge < -0.3 is 10.0 Å². The summed E-state index contributed by atoms with van der Waals surface area (Å²) in [6, 6.07) is 7.89. The van der Waals surface area contributed by atoms with Crippen molar-refractivity contribution in [2.24, 2.45) is 5.92 Å². The molecule has 1 aromatic rings. The summed E-state index contributed by atoms with van der Waals surface area (Å²) in [6.07, 6.45) is 2.43. The highest BCUT2D eigenvalue weighted by Crippen LogP contribution is 2.39. The molecule has 1 fully saturated rings. The molecule has 118 valence electrons. The van der Waals surface area contributed by atoms with E-state index >= 15 is 0 Å². The molecule has 2 aliphatic rings. The average molecular weight is 319 g/mol. The number of hydrogen-bond acceptors (Lipinski definition) is 3. The largest absolute Gasteiger partial charge is 0.481 e. The number of amides is 1. The van der Waals surface area contributed by atoms with Crippen LogP contribution in [0.3, 0.4) is 0 Å². The Bertz CT molecular complexity index is 589. The smallest absolute Gasteiger partial charge is 0.308 e. The van der Waals surface area contributed by atoms with Gasteiger partial charge in [-0.3, -0.25) is 9.59 Å². The van der Waals surface area contributed by atoms with Gasteiger partial charge in [-0.05, 0) is 43.1 Å². The summed E-state index contributed by atoms with van der Waals surface area (Å²) in [5.41, 5.74) is 2.35. The summed E-state index contributed by atoms with van der Waals surface area (Å²) >= 11 is 1.68. The van der Waals surface area contributed by atoms with Gasteiger partial charge in [-0.1, -0.05) is 24.3 Å². The SMILES string of the molecule is C[C@@H]1[C@H](C(=O)O)CCCN1C(=O)C1SCCc2ccccc21. The predicted octanol–water partition coefficient (Wildman–Crippen LogP) is 2.73. The molecule has 3 rings (SSSR count). The maximum absolute atomic E-state index is 13.0. The van der Waals surface area contributed by atoms with E-state index in [0.717, 1.165) is 24.2 Å². The van der Waals surface area contributed by atoms with Crippen molar-refractivity contribution in [2.45, 2.75) is 37.5 Å². The maximum Gasteiger partial charge on any atom is 0.308 e. The van der Waals surface area contributed by atoms with Crippen LogP contribution in [0.2, 0.25) is 0 Å². The summed E-state index contributed by atoms with van der Waals surface area (Å²) in [7, 11) is 0. The number of nitrogens with zero attached hydrogens (tertiary/aromatic N) is 1. The second kappa shape index (κ2) is 6.32. The first-order chi connectivity index (χ1) is 10.6. The van der Waals surface area contributed by atoms with E-state index in [1.54, 1.807) is 16.7 Å². The van der Waals surface area contributed by atoms with Crippen molar-refractivity contribution in [2.75, 3.05) is 12.3 Å².